The zero-order valence-corrected chi connectivity index (χ0v) is 7.31. The fraction of sp³-hybridized carbons (Fsp3) is 0.125. The van der Waals surface area contributed by atoms with Gasteiger partial charge >= 0.3 is 5.97 Å². The van der Waals surface area contributed by atoms with Gasteiger partial charge in [-0.15, -0.1) is 0 Å². The van der Waals surface area contributed by atoms with Crippen LogP contribution in [0.25, 0.3) is 11.5 Å². The standard InChI is InChI=1S/C8H7N3O3/c1-4-10-6(5-2-9-3-14-5)7(11-4)8(12)13/h2-3H,1H3,(H,10,11)(H,12,13). The first-order valence-corrected chi connectivity index (χ1v) is 3.87. The number of hydrogen-bond donors (Lipinski definition) is 2. The number of hydrogen-bond acceptors (Lipinski definition) is 4. The Hall–Kier alpha value is -2.11. The summed E-state index contributed by atoms with van der Waals surface area (Å²) in [5.74, 6) is -0.211. The Labute approximate surface area is 78.6 Å². The molecule has 0 bridgehead atoms. The predicted octanol–water partition coefficient (Wildman–Crippen LogP) is 1.07. The molecule has 0 aliphatic rings. The van der Waals surface area contributed by atoms with Crippen LogP contribution in [-0.2, 0) is 0 Å². The summed E-state index contributed by atoms with van der Waals surface area (Å²) in [5.41, 5.74) is 0.284. The number of oxazole rings is 1. The van der Waals surface area contributed by atoms with Crippen molar-refractivity contribution in [2.75, 3.05) is 0 Å². The number of carboxylic acids is 1. The molecule has 6 nitrogen and oxygen atoms in total. The lowest BCUT2D eigenvalue weighted by Crippen LogP contribution is -1.98. The molecule has 2 N–H and O–H groups in total. The molecule has 14 heavy (non-hydrogen) atoms. The minimum atomic E-state index is -1.10. The number of carbonyl (C=O) groups is 1. The Balaban J connectivity index is 2.58. The molecular weight excluding hydrogens is 186 g/mol. The van der Waals surface area contributed by atoms with Crippen LogP contribution in [0.1, 0.15) is 16.3 Å². The molecule has 0 aliphatic carbocycles. The number of carboxylic acid groups (broad SMARTS) is 1. The normalized spacial score (nSPS) is 10.4. The number of aryl methyl sites for hydroxylation is 1. The molecule has 0 saturated carbocycles. The summed E-state index contributed by atoms with van der Waals surface area (Å²) in [6, 6.07) is 0. The van der Waals surface area contributed by atoms with Gasteiger partial charge in [0.25, 0.3) is 0 Å². The Kier molecular flexibility index (Phi) is 1.81. The van der Waals surface area contributed by atoms with Crippen molar-refractivity contribution in [3.63, 3.8) is 0 Å². The third-order valence-corrected chi connectivity index (χ3v) is 1.70. The first-order chi connectivity index (χ1) is 6.68. The smallest absolute Gasteiger partial charge is 0.356 e. The van der Waals surface area contributed by atoms with Gasteiger partial charge in [0.1, 0.15) is 11.5 Å². The molecule has 0 saturated heterocycles. The highest BCUT2D eigenvalue weighted by Gasteiger charge is 2.18. The average Bonchev–Trinajstić information content (AvgIpc) is 2.70. The van der Waals surface area contributed by atoms with Crippen LogP contribution in [0.3, 0.4) is 0 Å². The Morgan fingerprint density at radius 1 is 1.64 bits per heavy atom. The van der Waals surface area contributed by atoms with E-state index < -0.39 is 5.97 Å². The van der Waals surface area contributed by atoms with Crippen LogP contribution in [0.2, 0.25) is 0 Å². The van der Waals surface area contributed by atoms with E-state index in [2.05, 4.69) is 15.0 Å². The van der Waals surface area contributed by atoms with Gasteiger partial charge in [-0.05, 0) is 6.92 Å². The number of nitrogens with zero attached hydrogens (tertiary/aromatic N) is 2. The van der Waals surface area contributed by atoms with Crippen molar-refractivity contribution in [2.45, 2.75) is 6.92 Å². The lowest BCUT2D eigenvalue weighted by molar-refractivity contribution is 0.0691. The van der Waals surface area contributed by atoms with Crippen LogP contribution in [-0.4, -0.2) is 26.0 Å². The third kappa shape index (κ3) is 1.26. The minimum absolute atomic E-state index is 0.0562. The Morgan fingerprint density at radius 3 is 3.00 bits per heavy atom. The second kappa shape index (κ2) is 2.99. The van der Waals surface area contributed by atoms with Crippen molar-refractivity contribution < 1.29 is 14.3 Å². The fourth-order valence-electron chi connectivity index (χ4n) is 1.16. The molecule has 0 unspecified atom stereocenters. The van der Waals surface area contributed by atoms with Crippen LogP contribution in [0.4, 0.5) is 0 Å². The average molecular weight is 193 g/mol. The van der Waals surface area contributed by atoms with E-state index in [1.54, 1.807) is 6.92 Å². The highest BCUT2D eigenvalue weighted by Crippen LogP contribution is 2.20. The van der Waals surface area contributed by atoms with Gasteiger partial charge in [0.2, 0.25) is 0 Å². The van der Waals surface area contributed by atoms with E-state index in [9.17, 15) is 4.79 Å². The molecule has 0 fully saturated rings. The van der Waals surface area contributed by atoms with E-state index in [0.717, 1.165) is 0 Å². The summed E-state index contributed by atoms with van der Waals surface area (Å²) in [6.45, 7) is 1.67. The lowest BCUT2D eigenvalue weighted by Gasteiger charge is -1.91. The number of aromatic nitrogens is 3. The molecule has 0 radical (unpaired) electrons. The van der Waals surface area contributed by atoms with Crippen molar-refractivity contribution in [2.24, 2.45) is 0 Å². The summed E-state index contributed by atoms with van der Waals surface area (Å²) in [6.07, 6.45) is 2.66. The number of nitrogens with one attached hydrogen (secondary N) is 1. The van der Waals surface area contributed by atoms with Crippen LogP contribution in [0.15, 0.2) is 17.0 Å². The van der Waals surface area contributed by atoms with E-state index in [0.29, 0.717) is 17.3 Å². The van der Waals surface area contributed by atoms with Crippen molar-refractivity contribution in [3.05, 3.63) is 24.1 Å². The van der Waals surface area contributed by atoms with Crippen molar-refractivity contribution in [1.29, 1.82) is 0 Å². The summed E-state index contributed by atoms with van der Waals surface area (Å²) in [5, 5.41) is 8.83. The summed E-state index contributed by atoms with van der Waals surface area (Å²) < 4.78 is 4.98. The van der Waals surface area contributed by atoms with E-state index in [-0.39, 0.29) is 5.69 Å². The minimum Gasteiger partial charge on any atom is -0.476 e. The zero-order chi connectivity index (χ0) is 10.1. The molecule has 0 atom stereocenters. The molecule has 2 rings (SSSR count). The fourth-order valence-corrected chi connectivity index (χ4v) is 1.16. The van der Waals surface area contributed by atoms with Crippen LogP contribution in [0, 0.1) is 6.92 Å². The second-order valence-corrected chi connectivity index (χ2v) is 2.72. The molecule has 72 valence electrons. The number of rotatable bonds is 2. The van der Waals surface area contributed by atoms with E-state index in [4.69, 9.17) is 9.52 Å². The second-order valence-electron chi connectivity index (χ2n) is 2.72. The van der Waals surface area contributed by atoms with E-state index in [1.807, 2.05) is 0 Å². The third-order valence-electron chi connectivity index (χ3n) is 1.70. The maximum atomic E-state index is 10.8. The molecule has 2 aromatic heterocycles. The highest BCUT2D eigenvalue weighted by atomic mass is 16.4. The molecule has 0 aromatic carbocycles. The molecule has 0 amide bonds. The molecule has 2 heterocycles. The number of imidazole rings is 1. The van der Waals surface area contributed by atoms with Gasteiger partial charge < -0.3 is 14.5 Å². The number of aromatic amines is 1. The summed E-state index contributed by atoms with van der Waals surface area (Å²) >= 11 is 0. The molecule has 6 heteroatoms. The first-order valence-electron chi connectivity index (χ1n) is 3.87. The highest BCUT2D eigenvalue weighted by molar-refractivity contribution is 5.92. The van der Waals surface area contributed by atoms with Gasteiger partial charge in [0.15, 0.2) is 17.8 Å². The van der Waals surface area contributed by atoms with E-state index in [1.165, 1.54) is 12.6 Å². The van der Waals surface area contributed by atoms with Crippen molar-refractivity contribution in [3.8, 4) is 11.5 Å². The van der Waals surface area contributed by atoms with Crippen molar-refractivity contribution in [1.82, 2.24) is 15.0 Å². The lowest BCUT2D eigenvalue weighted by atomic mass is 10.3. The quantitative estimate of drug-likeness (QED) is 0.744. The Morgan fingerprint density at radius 2 is 2.43 bits per heavy atom. The van der Waals surface area contributed by atoms with Crippen LogP contribution < -0.4 is 0 Å². The maximum absolute atomic E-state index is 10.8. The van der Waals surface area contributed by atoms with Crippen LogP contribution in [0.5, 0.6) is 0 Å². The number of aromatic carboxylic acids is 1. The summed E-state index contributed by atoms with van der Waals surface area (Å²) in [7, 11) is 0. The first kappa shape index (κ1) is 8.49. The topological polar surface area (TPSA) is 92.0 Å². The molecule has 0 aliphatic heterocycles. The predicted molar refractivity (Wildman–Crippen MR) is 45.8 cm³/mol. The molecule has 0 spiro atoms. The monoisotopic (exact) mass is 193 g/mol. The van der Waals surface area contributed by atoms with Gasteiger partial charge in [-0.25, -0.2) is 14.8 Å². The molecule has 2 aromatic rings. The van der Waals surface area contributed by atoms with E-state index >= 15 is 0 Å². The largest absolute Gasteiger partial charge is 0.476 e. The van der Waals surface area contributed by atoms with Gasteiger partial charge in [-0.2, -0.15) is 0 Å². The maximum Gasteiger partial charge on any atom is 0.356 e. The Bertz CT molecular complexity index is 458. The van der Waals surface area contributed by atoms with Crippen molar-refractivity contribution >= 4 is 5.97 Å². The van der Waals surface area contributed by atoms with Gasteiger partial charge in [-0.3, -0.25) is 0 Å². The van der Waals surface area contributed by atoms with Gasteiger partial charge in [0, 0.05) is 0 Å². The number of H-pyrrole nitrogens is 1. The summed E-state index contributed by atoms with van der Waals surface area (Å²) in [4.78, 5) is 21.1. The van der Waals surface area contributed by atoms with Crippen LogP contribution >= 0.6 is 0 Å². The zero-order valence-electron chi connectivity index (χ0n) is 7.31. The van der Waals surface area contributed by atoms with Gasteiger partial charge in [0.05, 0.1) is 6.20 Å². The van der Waals surface area contributed by atoms with Gasteiger partial charge in [-0.1, -0.05) is 0 Å². The SMILES string of the molecule is Cc1nc(C(=O)O)c(-c2cnco2)[nH]1. The molecular formula is C8H7N3O3.